The fourth-order valence-corrected chi connectivity index (χ4v) is 3.60. The van der Waals surface area contributed by atoms with E-state index in [1.165, 1.54) is 0 Å². The van der Waals surface area contributed by atoms with Gasteiger partial charge in [-0.05, 0) is 42.8 Å². The van der Waals surface area contributed by atoms with Crippen LogP contribution < -0.4 is 4.74 Å². The molecule has 2 atom stereocenters. The van der Waals surface area contributed by atoms with Gasteiger partial charge in [-0.3, -0.25) is 0 Å². The second kappa shape index (κ2) is 8.21. The van der Waals surface area contributed by atoms with E-state index in [0.717, 1.165) is 11.3 Å². The first kappa shape index (κ1) is 22.2. The molecule has 0 spiro atoms. The van der Waals surface area contributed by atoms with Gasteiger partial charge >= 0.3 is 0 Å². The van der Waals surface area contributed by atoms with E-state index in [-0.39, 0.29) is 5.04 Å². The molecule has 25 heavy (non-hydrogen) atoms. The van der Waals surface area contributed by atoms with Crippen molar-refractivity contribution in [2.24, 2.45) is 5.41 Å². The minimum atomic E-state index is -2.03. The Morgan fingerprint density at radius 1 is 1.04 bits per heavy atom. The molecule has 144 valence electrons. The molecule has 0 aliphatic rings. The first-order valence-corrected chi connectivity index (χ1v) is 11.9. The van der Waals surface area contributed by atoms with Crippen LogP contribution in [-0.2, 0) is 9.16 Å². The van der Waals surface area contributed by atoms with Crippen LogP contribution in [0.4, 0.5) is 0 Å². The maximum atomic E-state index is 11.0. The van der Waals surface area contributed by atoms with Crippen LogP contribution in [0, 0.1) is 5.41 Å². The molecule has 0 bridgehead atoms. The second-order valence-electron chi connectivity index (χ2n) is 8.66. The molecule has 0 heterocycles. The van der Waals surface area contributed by atoms with Crippen molar-refractivity contribution in [3.8, 4) is 5.75 Å². The zero-order valence-corrected chi connectivity index (χ0v) is 18.3. The van der Waals surface area contributed by atoms with E-state index in [2.05, 4.69) is 33.9 Å². The Morgan fingerprint density at radius 3 is 1.96 bits per heavy atom. The normalized spacial score (nSPS) is 15.8. The van der Waals surface area contributed by atoms with Gasteiger partial charge in [0.25, 0.3) is 0 Å². The van der Waals surface area contributed by atoms with E-state index < -0.39 is 26.1 Å². The van der Waals surface area contributed by atoms with Gasteiger partial charge in [-0.25, -0.2) is 0 Å². The average molecular weight is 369 g/mol. The Labute approximate surface area is 154 Å². The molecule has 0 fully saturated rings. The van der Waals surface area contributed by atoms with Crippen molar-refractivity contribution in [3.63, 3.8) is 0 Å². The fourth-order valence-electron chi connectivity index (χ4n) is 2.34. The lowest BCUT2D eigenvalue weighted by atomic mass is 9.82. The highest BCUT2D eigenvalue weighted by molar-refractivity contribution is 6.74. The molecule has 1 aromatic rings. The number of hydrogen-bond acceptors (Lipinski definition) is 4. The minimum Gasteiger partial charge on any atom is -0.497 e. The first-order valence-electron chi connectivity index (χ1n) is 8.98. The summed E-state index contributed by atoms with van der Waals surface area (Å²) in [6, 6.07) is 7.50. The Hall–Kier alpha value is -0.883. The van der Waals surface area contributed by atoms with Gasteiger partial charge in [0.1, 0.15) is 5.75 Å². The number of hydrogen-bond donors (Lipinski definition) is 1. The summed E-state index contributed by atoms with van der Waals surface area (Å²) in [6.45, 7) is 17.5. The smallest absolute Gasteiger partial charge is 0.195 e. The van der Waals surface area contributed by atoms with Crippen LogP contribution in [0.5, 0.6) is 5.75 Å². The van der Waals surface area contributed by atoms with Gasteiger partial charge in [0, 0.05) is 12.0 Å². The van der Waals surface area contributed by atoms with Gasteiger partial charge in [-0.15, -0.1) is 0 Å². The largest absolute Gasteiger partial charge is 0.497 e. The highest BCUT2D eigenvalue weighted by atomic mass is 28.4. The van der Waals surface area contributed by atoms with E-state index in [4.69, 9.17) is 13.9 Å². The summed E-state index contributed by atoms with van der Waals surface area (Å²) in [4.78, 5) is 0. The van der Waals surface area contributed by atoms with Gasteiger partial charge < -0.3 is 19.0 Å². The van der Waals surface area contributed by atoms with Gasteiger partial charge in [0.2, 0.25) is 0 Å². The van der Waals surface area contributed by atoms with E-state index >= 15 is 0 Å². The zero-order chi connectivity index (χ0) is 19.5. The number of ether oxygens (including phenoxy) is 2. The summed E-state index contributed by atoms with van der Waals surface area (Å²) >= 11 is 0. The lowest BCUT2D eigenvalue weighted by Gasteiger charge is -2.45. The maximum absolute atomic E-state index is 11.0. The molecule has 1 N–H and O–H groups in total. The molecule has 0 aliphatic heterocycles. The quantitative estimate of drug-likeness (QED) is 0.510. The lowest BCUT2D eigenvalue weighted by Crippen LogP contribution is -2.50. The van der Waals surface area contributed by atoms with E-state index in [1.807, 2.05) is 45.0 Å². The third kappa shape index (κ3) is 5.30. The zero-order valence-electron chi connectivity index (χ0n) is 17.3. The standard InChI is InChI=1S/C20H36O4Si/c1-10-23-18(24-25(8,9)19(2,3)4)20(5,6)17(21)15-11-13-16(22-7)14-12-15/h11-14,17-18,21H,10H2,1-9H3. The van der Waals surface area contributed by atoms with E-state index in [1.54, 1.807) is 7.11 Å². The third-order valence-electron chi connectivity index (χ3n) is 5.27. The van der Waals surface area contributed by atoms with Gasteiger partial charge in [-0.1, -0.05) is 46.8 Å². The average Bonchev–Trinajstić information content (AvgIpc) is 2.52. The van der Waals surface area contributed by atoms with Crippen molar-refractivity contribution < 1.29 is 19.0 Å². The maximum Gasteiger partial charge on any atom is 0.195 e. The summed E-state index contributed by atoms with van der Waals surface area (Å²) in [5, 5.41) is 11.1. The van der Waals surface area contributed by atoms with Crippen molar-refractivity contribution in [1.82, 2.24) is 0 Å². The van der Waals surface area contributed by atoms with Crippen LogP contribution in [0.2, 0.25) is 18.1 Å². The van der Waals surface area contributed by atoms with Crippen molar-refractivity contribution in [1.29, 1.82) is 0 Å². The number of methoxy groups -OCH3 is 1. The Morgan fingerprint density at radius 2 is 1.56 bits per heavy atom. The molecule has 4 nitrogen and oxygen atoms in total. The molecule has 0 saturated carbocycles. The molecular formula is C20H36O4Si. The lowest BCUT2D eigenvalue weighted by molar-refractivity contribution is -0.185. The SMILES string of the molecule is CCOC(O[Si](C)(C)C(C)(C)C)C(C)(C)C(O)c1ccc(OC)cc1. The van der Waals surface area contributed by atoms with Crippen LogP contribution in [0.25, 0.3) is 0 Å². The van der Waals surface area contributed by atoms with E-state index in [0.29, 0.717) is 6.61 Å². The molecule has 0 aliphatic carbocycles. The summed E-state index contributed by atoms with van der Waals surface area (Å²) in [7, 11) is -0.400. The second-order valence-corrected chi connectivity index (χ2v) is 13.4. The van der Waals surface area contributed by atoms with Gasteiger partial charge in [0.05, 0.1) is 13.2 Å². The molecule has 0 aromatic heterocycles. The predicted molar refractivity (Wildman–Crippen MR) is 105 cm³/mol. The summed E-state index contributed by atoms with van der Waals surface area (Å²) in [6.07, 6.45) is -1.18. The Bertz CT molecular complexity index is 532. The van der Waals surface area contributed by atoms with Crippen molar-refractivity contribution in [3.05, 3.63) is 29.8 Å². The van der Waals surface area contributed by atoms with Gasteiger partial charge in [0.15, 0.2) is 14.6 Å². The monoisotopic (exact) mass is 368 g/mol. The minimum absolute atomic E-state index is 0.0729. The fraction of sp³-hybridized carbons (Fsp3) is 0.700. The first-order chi connectivity index (χ1) is 11.4. The topological polar surface area (TPSA) is 47.9 Å². The summed E-state index contributed by atoms with van der Waals surface area (Å²) in [5.74, 6) is 0.771. The predicted octanol–water partition coefficient (Wildman–Crippen LogP) is 5.14. The third-order valence-corrected chi connectivity index (χ3v) is 9.69. The van der Waals surface area contributed by atoms with Crippen molar-refractivity contribution >= 4 is 8.32 Å². The number of aliphatic hydroxyl groups is 1. The number of aliphatic hydroxyl groups excluding tert-OH is 1. The molecule has 0 saturated heterocycles. The number of benzene rings is 1. The molecule has 2 unspecified atom stereocenters. The Kier molecular flexibility index (Phi) is 7.27. The highest BCUT2D eigenvalue weighted by Crippen LogP contribution is 2.44. The molecule has 0 radical (unpaired) electrons. The molecule has 1 rings (SSSR count). The summed E-state index contributed by atoms with van der Waals surface area (Å²) in [5.41, 5.74) is 0.231. The van der Waals surface area contributed by atoms with Crippen LogP contribution in [0.1, 0.15) is 53.2 Å². The van der Waals surface area contributed by atoms with Crippen LogP contribution in [0.15, 0.2) is 24.3 Å². The van der Waals surface area contributed by atoms with Crippen molar-refractivity contribution in [2.45, 2.75) is 72.1 Å². The molecule has 0 amide bonds. The summed E-state index contributed by atoms with van der Waals surface area (Å²) < 4.78 is 17.7. The van der Waals surface area contributed by atoms with Crippen LogP contribution in [0.3, 0.4) is 0 Å². The molecule has 1 aromatic carbocycles. The molecule has 5 heteroatoms. The highest BCUT2D eigenvalue weighted by Gasteiger charge is 2.46. The molecular weight excluding hydrogens is 332 g/mol. The van der Waals surface area contributed by atoms with Crippen molar-refractivity contribution in [2.75, 3.05) is 13.7 Å². The van der Waals surface area contributed by atoms with E-state index in [9.17, 15) is 5.11 Å². The van der Waals surface area contributed by atoms with Gasteiger partial charge in [-0.2, -0.15) is 0 Å². The van der Waals surface area contributed by atoms with Crippen LogP contribution in [-0.4, -0.2) is 33.4 Å². The number of rotatable bonds is 8. The Balaban J connectivity index is 3.09. The van der Waals surface area contributed by atoms with Crippen LogP contribution >= 0.6 is 0 Å².